The van der Waals surface area contributed by atoms with Gasteiger partial charge in [0, 0.05) is 13.1 Å². The van der Waals surface area contributed by atoms with Crippen LogP contribution >= 0.6 is 23.4 Å². The minimum absolute atomic E-state index is 0.161. The van der Waals surface area contributed by atoms with Gasteiger partial charge in [-0.1, -0.05) is 23.4 Å². The topological polar surface area (TPSA) is 46.1 Å². The number of likely N-dealkylation sites (tertiary alicyclic amines) is 1. The largest absolute Gasteiger partial charge is 0.342 e. The summed E-state index contributed by atoms with van der Waals surface area (Å²) in [6, 6.07) is 0. The Labute approximate surface area is 116 Å². The summed E-state index contributed by atoms with van der Waals surface area (Å²) in [5.74, 6) is 0.547. The van der Waals surface area contributed by atoms with E-state index >= 15 is 0 Å². The number of amides is 1. The van der Waals surface area contributed by atoms with E-state index in [1.54, 1.807) is 0 Å². The predicted octanol–water partition coefficient (Wildman–Crippen LogP) is 2.46. The number of aryl methyl sites for hydroxylation is 2. The van der Waals surface area contributed by atoms with Crippen molar-refractivity contribution in [3.05, 3.63) is 16.5 Å². The van der Waals surface area contributed by atoms with Crippen LogP contribution in [-0.2, 0) is 4.79 Å². The van der Waals surface area contributed by atoms with Gasteiger partial charge in [-0.2, -0.15) is 0 Å². The van der Waals surface area contributed by atoms with E-state index in [4.69, 9.17) is 11.6 Å². The number of hydrogen-bond donors (Lipinski definition) is 0. The Kier molecular flexibility index (Phi) is 4.45. The van der Waals surface area contributed by atoms with Gasteiger partial charge in [-0.05, 0) is 26.7 Å². The smallest absolute Gasteiger partial charge is 0.232 e. The molecule has 1 aliphatic heterocycles. The average Bonchev–Trinajstić information content (AvgIpc) is 2.85. The Morgan fingerprint density at radius 1 is 1.28 bits per heavy atom. The van der Waals surface area contributed by atoms with Gasteiger partial charge in [0.15, 0.2) is 5.15 Å². The summed E-state index contributed by atoms with van der Waals surface area (Å²) in [6.45, 7) is 5.53. The number of hydrogen-bond acceptors (Lipinski definition) is 4. The first kappa shape index (κ1) is 13.6. The highest BCUT2D eigenvalue weighted by Crippen LogP contribution is 2.25. The van der Waals surface area contributed by atoms with Crippen LogP contribution in [0, 0.1) is 13.8 Å². The molecule has 0 aliphatic carbocycles. The van der Waals surface area contributed by atoms with Crippen LogP contribution in [0.15, 0.2) is 5.03 Å². The van der Waals surface area contributed by atoms with Crippen LogP contribution in [-0.4, -0.2) is 39.6 Å². The first-order valence-corrected chi connectivity index (χ1v) is 7.35. The number of aromatic nitrogens is 2. The molecule has 2 heterocycles. The molecule has 0 bridgehead atoms. The maximum Gasteiger partial charge on any atom is 0.232 e. The number of rotatable bonds is 3. The second-order valence-electron chi connectivity index (χ2n) is 4.37. The fourth-order valence-corrected chi connectivity index (χ4v) is 2.98. The molecule has 1 aromatic rings. The second-order valence-corrected chi connectivity index (χ2v) is 5.69. The number of thioether (sulfide) groups is 1. The van der Waals surface area contributed by atoms with E-state index in [0.29, 0.717) is 15.9 Å². The molecule has 1 aromatic heterocycles. The zero-order chi connectivity index (χ0) is 13.1. The Balaban J connectivity index is 1.97. The average molecular weight is 286 g/mol. The summed E-state index contributed by atoms with van der Waals surface area (Å²) in [5.41, 5.74) is 1.69. The van der Waals surface area contributed by atoms with Crippen LogP contribution in [0.3, 0.4) is 0 Å². The standard InChI is InChI=1S/C12H16ClN3OS/c1-8-9(2)15-12(11(13)14-8)18-7-10(17)16-5-3-4-6-16/h3-7H2,1-2H3. The van der Waals surface area contributed by atoms with Crippen LogP contribution in [0.25, 0.3) is 0 Å². The fraction of sp³-hybridized carbons (Fsp3) is 0.583. The van der Waals surface area contributed by atoms with Gasteiger partial charge in [0.05, 0.1) is 17.1 Å². The van der Waals surface area contributed by atoms with Crippen molar-refractivity contribution < 1.29 is 4.79 Å². The summed E-state index contributed by atoms with van der Waals surface area (Å²) in [4.78, 5) is 22.4. The van der Waals surface area contributed by atoms with Gasteiger partial charge in [0.2, 0.25) is 5.91 Å². The molecule has 18 heavy (non-hydrogen) atoms. The van der Waals surface area contributed by atoms with Crippen molar-refractivity contribution in [3.8, 4) is 0 Å². The molecular formula is C12H16ClN3OS. The van der Waals surface area contributed by atoms with Crippen molar-refractivity contribution in [1.82, 2.24) is 14.9 Å². The van der Waals surface area contributed by atoms with Crippen LogP contribution in [0.1, 0.15) is 24.2 Å². The summed E-state index contributed by atoms with van der Waals surface area (Å²) in [7, 11) is 0. The maximum absolute atomic E-state index is 11.9. The van der Waals surface area contributed by atoms with Crippen molar-refractivity contribution in [2.45, 2.75) is 31.7 Å². The Morgan fingerprint density at radius 3 is 2.56 bits per heavy atom. The van der Waals surface area contributed by atoms with Crippen LogP contribution < -0.4 is 0 Å². The summed E-state index contributed by atoms with van der Waals surface area (Å²) in [5, 5.41) is 1.03. The summed E-state index contributed by atoms with van der Waals surface area (Å²) < 4.78 is 0. The molecule has 0 N–H and O–H groups in total. The fourth-order valence-electron chi connectivity index (χ4n) is 1.84. The van der Waals surface area contributed by atoms with Crippen molar-refractivity contribution in [2.75, 3.05) is 18.8 Å². The van der Waals surface area contributed by atoms with Gasteiger partial charge < -0.3 is 4.90 Å². The Morgan fingerprint density at radius 2 is 1.89 bits per heavy atom. The predicted molar refractivity (Wildman–Crippen MR) is 73.1 cm³/mol. The first-order chi connectivity index (χ1) is 8.58. The van der Waals surface area contributed by atoms with Gasteiger partial charge in [0.1, 0.15) is 5.03 Å². The number of carbonyl (C=O) groups is 1. The van der Waals surface area contributed by atoms with Crippen molar-refractivity contribution in [1.29, 1.82) is 0 Å². The molecule has 1 aliphatic rings. The molecule has 0 aromatic carbocycles. The molecule has 4 nitrogen and oxygen atoms in total. The molecule has 0 saturated carbocycles. The zero-order valence-corrected chi connectivity index (χ0v) is 12.1. The van der Waals surface area contributed by atoms with E-state index in [1.807, 2.05) is 18.7 Å². The molecule has 0 unspecified atom stereocenters. The molecule has 2 rings (SSSR count). The third-order valence-electron chi connectivity index (χ3n) is 3.03. The Hall–Kier alpha value is -0.810. The Bertz CT molecular complexity index is 461. The molecule has 98 valence electrons. The minimum atomic E-state index is 0.161. The molecule has 0 spiro atoms. The van der Waals surface area contributed by atoms with Gasteiger partial charge >= 0.3 is 0 Å². The lowest BCUT2D eigenvalue weighted by atomic mass is 10.4. The van der Waals surface area contributed by atoms with Crippen molar-refractivity contribution in [3.63, 3.8) is 0 Å². The lowest BCUT2D eigenvalue weighted by Crippen LogP contribution is -2.29. The first-order valence-electron chi connectivity index (χ1n) is 5.99. The quantitative estimate of drug-likeness (QED) is 0.801. The second kappa shape index (κ2) is 5.89. The number of carbonyl (C=O) groups excluding carboxylic acids is 1. The van der Waals surface area contributed by atoms with E-state index in [0.717, 1.165) is 37.3 Å². The lowest BCUT2D eigenvalue weighted by Gasteiger charge is -2.14. The highest BCUT2D eigenvalue weighted by atomic mass is 35.5. The third kappa shape index (κ3) is 3.14. The highest BCUT2D eigenvalue weighted by molar-refractivity contribution is 8.00. The minimum Gasteiger partial charge on any atom is -0.342 e. The van der Waals surface area contributed by atoms with E-state index in [1.165, 1.54) is 11.8 Å². The highest BCUT2D eigenvalue weighted by Gasteiger charge is 2.18. The van der Waals surface area contributed by atoms with E-state index in [9.17, 15) is 4.79 Å². The van der Waals surface area contributed by atoms with Gasteiger partial charge in [-0.15, -0.1) is 0 Å². The SMILES string of the molecule is Cc1nc(Cl)c(SCC(=O)N2CCCC2)nc1C. The molecular weight excluding hydrogens is 270 g/mol. The molecule has 6 heteroatoms. The lowest BCUT2D eigenvalue weighted by molar-refractivity contribution is -0.127. The van der Waals surface area contributed by atoms with E-state index in [-0.39, 0.29) is 5.91 Å². The molecule has 1 amide bonds. The third-order valence-corrected chi connectivity index (χ3v) is 4.35. The number of halogens is 1. The monoisotopic (exact) mass is 285 g/mol. The van der Waals surface area contributed by atoms with E-state index < -0.39 is 0 Å². The van der Waals surface area contributed by atoms with Gasteiger partial charge in [0.25, 0.3) is 0 Å². The summed E-state index contributed by atoms with van der Waals surface area (Å²) in [6.07, 6.45) is 2.22. The summed E-state index contributed by atoms with van der Waals surface area (Å²) >= 11 is 7.39. The van der Waals surface area contributed by atoms with Crippen LogP contribution in [0.4, 0.5) is 0 Å². The molecule has 0 radical (unpaired) electrons. The van der Waals surface area contributed by atoms with E-state index in [2.05, 4.69) is 9.97 Å². The van der Waals surface area contributed by atoms with Crippen molar-refractivity contribution >= 4 is 29.3 Å². The molecule has 1 fully saturated rings. The molecule has 0 atom stereocenters. The normalized spacial score (nSPS) is 15.2. The van der Waals surface area contributed by atoms with Crippen molar-refractivity contribution in [2.24, 2.45) is 0 Å². The maximum atomic E-state index is 11.9. The number of nitrogens with zero attached hydrogens (tertiary/aromatic N) is 3. The van der Waals surface area contributed by atoms with Gasteiger partial charge in [-0.25, -0.2) is 9.97 Å². The van der Waals surface area contributed by atoms with Gasteiger partial charge in [-0.3, -0.25) is 4.79 Å². The zero-order valence-electron chi connectivity index (χ0n) is 10.6. The van der Waals surface area contributed by atoms with Crippen LogP contribution in [0.2, 0.25) is 5.15 Å². The van der Waals surface area contributed by atoms with Crippen LogP contribution in [0.5, 0.6) is 0 Å². The molecule has 1 saturated heterocycles.